The summed E-state index contributed by atoms with van der Waals surface area (Å²) in [5.74, 6) is -0.567. The molecule has 2 amide bonds. The van der Waals surface area contributed by atoms with E-state index >= 15 is 0 Å². The number of likely N-dealkylation sites (tertiary alicyclic amines) is 1. The van der Waals surface area contributed by atoms with Crippen LogP contribution in [-0.2, 0) is 4.79 Å². The van der Waals surface area contributed by atoms with E-state index in [0.717, 1.165) is 19.3 Å². The Labute approximate surface area is 107 Å². The summed E-state index contributed by atoms with van der Waals surface area (Å²) in [5, 5.41) is 20.5. The number of nitrogens with one attached hydrogen (secondary N) is 1. The molecule has 0 bridgehead atoms. The van der Waals surface area contributed by atoms with Crippen LogP contribution < -0.4 is 5.32 Å². The number of nitrogens with zero attached hydrogens (tertiary/aromatic N) is 1. The van der Waals surface area contributed by atoms with E-state index in [0.29, 0.717) is 19.0 Å². The van der Waals surface area contributed by atoms with E-state index in [1.807, 2.05) is 0 Å². The molecule has 0 aromatic carbocycles. The van der Waals surface area contributed by atoms with Gasteiger partial charge in [0.2, 0.25) is 0 Å². The Morgan fingerprint density at radius 2 is 1.94 bits per heavy atom. The van der Waals surface area contributed by atoms with E-state index in [-0.39, 0.29) is 0 Å². The second-order valence-corrected chi connectivity index (χ2v) is 4.84. The Balaban J connectivity index is 2.48. The number of piperidine rings is 1. The summed E-state index contributed by atoms with van der Waals surface area (Å²) in [5.41, 5.74) is 0. The number of hydrogen-bond acceptors (Lipinski definition) is 3. The van der Waals surface area contributed by atoms with Crippen LogP contribution in [0.15, 0.2) is 0 Å². The fraction of sp³-hybridized carbons (Fsp3) is 0.833. The van der Waals surface area contributed by atoms with E-state index < -0.39 is 24.1 Å². The molecule has 1 aliphatic rings. The maximum absolute atomic E-state index is 11.9. The van der Waals surface area contributed by atoms with Gasteiger partial charge in [-0.05, 0) is 25.7 Å². The molecule has 6 nitrogen and oxygen atoms in total. The van der Waals surface area contributed by atoms with E-state index in [2.05, 4.69) is 12.2 Å². The lowest BCUT2D eigenvalue weighted by molar-refractivity contribution is -0.141. The number of carbonyl (C=O) groups excluding carboxylic acids is 1. The summed E-state index contributed by atoms with van der Waals surface area (Å²) >= 11 is 0. The molecule has 0 aromatic rings. The van der Waals surface area contributed by atoms with Gasteiger partial charge in [0.15, 0.2) is 6.04 Å². The molecule has 18 heavy (non-hydrogen) atoms. The van der Waals surface area contributed by atoms with Crippen molar-refractivity contribution in [3.63, 3.8) is 0 Å². The zero-order valence-corrected chi connectivity index (χ0v) is 10.9. The molecule has 0 aromatic heterocycles. The number of aliphatic hydroxyl groups excluding tert-OH is 1. The number of aliphatic carboxylic acids is 1. The standard InChI is InChI=1S/C12H22N2O4/c1-3-9-4-6-14(7-5-9)12(18)13-10(8(2)15)11(16)17/h8-10,15H,3-7H2,1-2H3,(H,13,18)(H,16,17)/t8-,10+/m1/s1. The van der Waals surface area contributed by atoms with Crippen LogP contribution in [0.3, 0.4) is 0 Å². The van der Waals surface area contributed by atoms with Crippen molar-refractivity contribution < 1.29 is 19.8 Å². The molecule has 0 saturated carbocycles. The molecular weight excluding hydrogens is 236 g/mol. The number of carbonyl (C=O) groups is 2. The first kappa shape index (κ1) is 14.8. The largest absolute Gasteiger partial charge is 0.480 e. The van der Waals surface area contributed by atoms with Gasteiger partial charge in [-0.3, -0.25) is 0 Å². The molecule has 1 aliphatic heterocycles. The Hall–Kier alpha value is -1.30. The number of carboxylic acids is 1. The second kappa shape index (κ2) is 6.58. The van der Waals surface area contributed by atoms with Gasteiger partial charge in [0.05, 0.1) is 6.10 Å². The first-order chi connectivity index (χ1) is 8.45. The summed E-state index contributed by atoms with van der Waals surface area (Å²) < 4.78 is 0. The molecule has 1 saturated heterocycles. The van der Waals surface area contributed by atoms with Crippen LogP contribution in [0.4, 0.5) is 4.79 Å². The van der Waals surface area contributed by atoms with Crippen molar-refractivity contribution in [3.05, 3.63) is 0 Å². The monoisotopic (exact) mass is 258 g/mol. The van der Waals surface area contributed by atoms with Gasteiger partial charge >= 0.3 is 12.0 Å². The van der Waals surface area contributed by atoms with Crippen LogP contribution in [-0.4, -0.2) is 52.3 Å². The summed E-state index contributed by atoms with van der Waals surface area (Å²) in [6, 6.07) is -1.65. The lowest BCUT2D eigenvalue weighted by Gasteiger charge is -2.32. The molecule has 1 heterocycles. The molecule has 0 unspecified atom stereocenters. The zero-order valence-electron chi connectivity index (χ0n) is 10.9. The summed E-state index contributed by atoms with van der Waals surface area (Å²) in [4.78, 5) is 24.3. The van der Waals surface area contributed by atoms with Gasteiger partial charge < -0.3 is 20.4 Å². The minimum absolute atomic E-state index is 0.405. The van der Waals surface area contributed by atoms with Crippen LogP contribution in [0.1, 0.15) is 33.1 Å². The van der Waals surface area contributed by atoms with Gasteiger partial charge in [0.1, 0.15) is 0 Å². The number of rotatable bonds is 4. The quantitative estimate of drug-likeness (QED) is 0.690. The first-order valence-electron chi connectivity index (χ1n) is 6.42. The molecule has 3 N–H and O–H groups in total. The molecule has 2 atom stereocenters. The van der Waals surface area contributed by atoms with Crippen LogP contribution in [0.25, 0.3) is 0 Å². The highest BCUT2D eigenvalue weighted by Crippen LogP contribution is 2.19. The van der Waals surface area contributed by atoms with Crippen molar-refractivity contribution in [1.29, 1.82) is 0 Å². The number of hydrogen-bond donors (Lipinski definition) is 3. The third-order valence-corrected chi connectivity index (χ3v) is 3.51. The molecule has 104 valence electrons. The predicted octanol–water partition coefficient (Wildman–Crippen LogP) is 0.652. The van der Waals surface area contributed by atoms with Crippen molar-refractivity contribution in [1.82, 2.24) is 10.2 Å². The van der Waals surface area contributed by atoms with Gasteiger partial charge in [-0.1, -0.05) is 13.3 Å². The van der Waals surface area contributed by atoms with E-state index in [1.165, 1.54) is 6.92 Å². The summed E-state index contributed by atoms with van der Waals surface area (Å²) in [6.07, 6.45) is 1.91. The molecular formula is C12H22N2O4. The number of urea groups is 1. The maximum Gasteiger partial charge on any atom is 0.328 e. The molecule has 0 spiro atoms. The lowest BCUT2D eigenvalue weighted by atomic mass is 9.95. The minimum atomic E-state index is -1.25. The predicted molar refractivity (Wildman–Crippen MR) is 66.2 cm³/mol. The topological polar surface area (TPSA) is 89.9 Å². The fourth-order valence-electron chi connectivity index (χ4n) is 2.16. The van der Waals surface area contributed by atoms with Crippen LogP contribution in [0.5, 0.6) is 0 Å². The fourth-order valence-corrected chi connectivity index (χ4v) is 2.16. The number of amides is 2. The SMILES string of the molecule is CCC1CCN(C(=O)N[C@H](C(=O)O)[C@@H](C)O)CC1. The Kier molecular flexibility index (Phi) is 5.40. The van der Waals surface area contributed by atoms with E-state index in [9.17, 15) is 14.7 Å². The number of carboxylic acid groups (broad SMARTS) is 1. The van der Waals surface area contributed by atoms with Gasteiger partial charge in [-0.25, -0.2) is 9.59 Å². The Morgan fingerprint density at radius 3 is 2.33 bits per heavy atom. The smallest absolute Gasteiger partial charge is 0.328 e. The lowest BCUT2D eigenvalue weighted by Crippen LogP contribution is -2.53. The van der Waals surface area contributed by atoms with Gasteiger partial charge in [-0.15, -0.1) is 0 Å². The molecule has 6 heteroatoms. The highest BCUT2D eigenvalue weighted by Gasteiger charge is 2.28. The van der Waals surface area contributed by atoms with Gasteiger partial charge in [-0.2, -0.15) is 0 Å². The Bertz CT molecular complexity index is 298. The van der Waals surface area contributed by atoms with Crippen molar-refractivity contribution >= 4 is 12.0 Å². The summed E-state index contributed by atoms with van der Waals surface area (Å²) in [6.45, 7) is 4.78. The second-order valence-electron chi connectivity index (χ2n) is 4.84. The van der Waals surface area contributed by atoms with E-state index in [1.54, 1.807) is 4.90 Å². The third-order valence-electron chi connectivity index (χ3n) is 3.51. The van der Waals surface area contributed by atoms with Gasteiger partial charge in [0.25, 0.3) is 0 Å². The normalized spacial score (nSPS) is 20.3. The van der Waals surface area contributed by atoms with Crippen molar-refractivity contribution in [3.8, 4) is 0 Å². The highest BCUT2D eigenvalue weighted by atomic mass is 16.4. The first-order valence-corrected chi connectivity index (χ1v) is 6.42. The maximum atomic E-state index is 11.9. The minimum Gasteiger partial charge on any atom is -0.480 e. The van der Waals surface area contributed by atoms with E-state index in [4.69, 9.17) is 5.11 Å². The average molecular weight is 258 g/mol. The number of aliphatic hydroxyl groups is 1. The Morgan fingerprint density at radius 1 is 1.39 bits per heavy atom. The van der Waals surface area contributed by atoms with Crippen molar-refractivity contribution in [2.75, 3.05) is 13.1 Å². The van der Waals surface area contributed by atoms with Crippen molar-refractivity contribution in [2.24, 2.45) is 5.92 Å². The molecule has 1 fully saturated rings. The van der Waals surface area contributed by atoms with Crippen molar-refractivity contribution in [2.45, 2.75) is 45.3 Å². The van der Waals surface area contributed by atoms with Crippen LogP contribution >= 0.6 is 0 Å². The van der Waals surface area contributed by atoms with Gasteiger partial charge in [0, 0.05) is 13.1 Å². The van der Waals surface area contributed by atoms with Crippen LogP contribution in [0.2, 0.25) is 0 Å². The molecule has 0 radical (unpaired) electrons. The molecule has 1 rings (SSSR count). The summed E-state index contributed by atoms with van der Waals surface area (Å²) in [7, 11) is 0. The molecule has 0 aliphatic carbocycles. The third kappa shape index (κ3) is 3.87. The highest BCUT2D eigenvalue weighted by molar-refractivity contribution is 5.83. The zero-order chi connectivity index (χ0) is 13.7. The van der Waals surface area contributed by atoms with Crippen LogP contribution in [0, 0.1) is 5.92 Å². The average Bonchev–Trinajstić information content (AvgIpc) is 2.35.